The van der Waals surface area contributed by atoms with Gasteiger partial charge in [-0.25, -0.2) is 9.13 Å². The van der Waals surface area contributed by atoms with Crippen LogP contribution in [0.25, 0.3) is 66.3 Å². The second kappa shape index (κ2) is 6.01. The van der Waals surface area contributed by atoms with Crippen molar-refractivity contribution >= 4 is 54.9 Å². The van der Waals surface area contributed by atoms with Crippen LogP contribution >= 0.6 is 0 Å². The number of aryl methyl sites for hydroxylation is 3. The maximum absolute atomic E-state index is 6.58. The number of furan rings is 2. The number of aromatic nitrogens is 2. The first-order chi connectivity index (χ1) is 15.6. The molecule has 7 aromatic rings. The summed E-state index contributed by atoms with van der Waals surface area (Å²) in [6.07, 6.45) is 0. The molecule has 0 amide bonds. The van der Waals surface area contributed by atoms with E-state index in [1.807, 2.05) is 24.3 Å². The largest absolute Gasteiger partial charge is 0.456 e. The second-order valence-electron chi connectivity index (χ2n) is 8.58. The van der Waals surface area contributed by atoms with Crippen molar-refractivity contribution < 1.29 is 13.4 Å². The Hall–Kier alpha value is -4.05. The number of nitrogens with zero attached hydrogens (tertiary/aromatic N) is 2. The molecule has 154 valence electrons. The smallest absolute Gasteiger partial charge is 0.293 e. The molecule has 0 aliphatic rings. The van der Waals surface area contributed by atoms with E-state index in [2.05, 4.69) is 78.7 Å². The lowest BCUT2D eigenvalue weighted by Crippen LogP contribution is -2.30. The van der Waals surface area contributed by atoms with E-state index in [1.165, 1.54) is 16.6 Å². The average molecular weight is 417 g/mol. The summed E-state index contributed by atoms with van der Waals surface area (Å²) in [6.45, 7) is 2.16. The third-order valence-corrected chi connectivity index (χ3v) is 6.82. The van der Waals surface area contributed by atoms with Crippen molar-refractivity contribution in [3.8, 4) is 11.4 Å². The zero-order valence-corrected chi connectivity index (χ0v) is 18.1. The van der Waals surface area contributed by atoms with Crippen LogP contribution in [0.1, 0.15) is 5.56 Å². The van der Waals surface area contributed by atoms with Crippen molar-refractivity contribution in [1.82, 2.24) is 4.57 Å². The van der Waals surface area contributed by atoms with E-state index in [4.69, 9.17) is 8.83 Å². The molecule has 7 rings (SSSR count). The van der Waals surface area contributed by atoms with Gasteiger partial charge in [0.05, 0.1) is 14.1 Å². The molecular weight excluding hydrogens is 396 g/mol. The van der Waals surface area contributed by atoms with Crippen molar-refractivity contribution in [3.63, 3.8) is 0 Å². The van der Waals surface area contributed by atoms with Gasteiger partial charge in [0.1, 0.15) is 22.3 Å². The summed E-state index contributed by atoms with van der Waals surface area (Å²) < 4.78 is 17.2. The second-order valence-corrected chi connectivity index (χ2v) is 8.58. The predicted octanol–water partition coefficient (Wildman–Crippen LogP) is 6.78. The molecule has 32 heavy (non-hydrogen) atoms. The van der Waals surface area contributed by atoms with Crippen LogP contribution in [-0.2, 0) is 14.1 Å². The summed E-state index contributed by atoms with van der Waals surface area (Å²) in [7, 11) is 4.25. The van der Waals surface area contributed by atoms with Gasteiger partial charge in [-0.1, -0.05) is 42.5 Å². The fraction of sp³-hybridized carbons (Fsp3) is 0.107. The highest BCUT2D eigenvalue weighted by Gasteiger charge is 2.28. The molecule has 0 fully saturated rings. The van der Waals surface area contributed by atoms with Gasteiger partial charge in [0.15, 0.2) is 16.6 Å². The summed E-state index contributed by atoms with van der Waals surface area (Å²) in [4.78, 5) is 0. The quantitative estimate of drug-likeness (QED) is 0.276. The molecule has 0 aliphatic heterocycles. The lowest BCUT2D eigenvalue weighted by molar-refractivity contribution is -0.634. The molecule has 0 unspecified atom stereocenters. The van der Waals surface area contributed by atoms with Gasteiger partial charge in [-0.05, 0) is 42.8 Å². The van der Waals surface area contributed by atoms with Gasteiger partial charge in [0, 0.05) is 21.5 Å². The maximum atomic E-state index is 6.58. The van der Waals surface area contributed by atoms with Crippen molar-refractivity contribution in [2.75, 3.05) is 0 Å². The number of hydrogen-bond acceptors (Lipinski definition) is 2. The Morgan fingerprint density at radius 1 is 0.719 bits per heavy atom. The summed E-state index contributed by atoms with van der Waals surface area (Å²) in [5.74, 6) is 1.13. The normalized spacial score (nSPS) is 12.2. The minimum atomic E-state index is 0.882. The van der Waals surface area contributed by atoms with Gasteiger partial charge < -0.3 is 8.83 Å². The first-order valence-corrected chi connectivity index (χ1v) is 10.8. The SMILES string of the molecule is Cc1ccc2c(oc3ccc4oc5ccccc5c4c32)c1-c1n(C)c2ccccc2[n+]1C. The standard InChI is InChI=1S/C28H21N2O2/c1-16-12-13-18-26-23(15-14-22-25(26)17-8-4-7-11-21(17)31-22)32-27(18)24(16)28-29(2)19-9-5-6-10-20(19)30(28)3/h4-15H,1-3H3/q+1. The van der Waals surface area contributed by atoms with E-state index >= 15 is 0 Å². The van der Waals surface area contributed by atoms with Crippen LogP contribution in [0, 0.1) is 6.92 Å². The summed E-state index contributed by atoms with van der Waals surface area (Å²) in [5, 5.41) is 4.47. The molecule has 0 saturated heterocycles. The van der Waals surface area contributed by atoms with Crippen LogP contribution in [0.5, 0.6) is 0 Å². The highest BCUT2D eigenvalue weighted by atomic mass is 16.3. The van der Waals surface area contributed by atoms with E-state index in [0.717, 1.165) is 55.3 Å². The van der Waals surface area contributed by atoms with Crippen LogP contribution in [0.4, 0.5) is 0 Å². The molecule has 4 nitrogen and oxygen atoms in total. The van der Waals surface area contributed by atoms with Crippen molar-refractivity contribution in [1.29, 1.82) is 0 Å². The number of para-hydroxylation sites is 3. The summed E-state index contributed by atoms with van der Waals surface area (Å²) in [5.41, 5.74) is 8.29. The van der Waals surface area contributed by atoms with Crippen LogP contribution in [-0.4, -0.2) is 4.57 Å². The Bertz CT molecular complexity index is 1820. The van der Waals surface area contributed by atoms with E-state index in [9.17, 15) is 0 Å². The Morgan fingerprint density at radius 3 is 2.28 bits per heavy atom. The van der Waals surface area contributed by atoms with E-state index in [0.29, 0.717) is 0 Å². The van der Waals surface area contributed by atoms with Crippen LogP contribution in [0.2, 0.25) is 0 Å². The highest BCUT2D eigenvalue weighted by molar-refractivity contribution is 6.26. The molecule has 0 atom stereocenters. The molecule has 0 aliphatic carbocycles. The molecule has 0 spiro atoms. The zero-order chi connectivity index (χ0) is 21.6. The minimum Gasteiger partial charge on any atom is -0.456 e. The molecule has 0 bridgehead atoms. The van der Waals surface area contributed by atoms with Crippen LogP contribution in [0.15, 0.2) is 81.6 Å². The number of fused-ring (bicyclic) bond motifs is 8. The van der Waals surface area contributed by atoms with Crippen LogP contribution in [0.3, 0.4) is 0 Å². The van der Waals surface area contributed by atoms with Crippen molar-refractivity contribution in [2.45, 2.75) is 6.92 Å². The highest BCUT2D eigenvalue weighted by Crippen LogP contribution is 2.43. The predicted molar refractivity (Wildman–Crippen MR) is 129 cm³/mol. The van der Waals surface area contributed by atoms with E-state index in [1.54, 1.807) is 0 Å². The number of rotatable bonds is 1. The summed E-state index contributed by atoms with van der Waals surface area (Å²) >= 11 is 0. The number of benzene rings is 4. The van der Waals surface area contributed by atoms with E-state index in [-0.39, 0.29) is 0 Å². The van der Waals surface area contributed by atoms with Gasteiger partial charge in [-0.2, -0.15) is 0 Å². The molecule has 0 saturated carbocycles. The van der Waals surface area contributed by atoms with Crippen molar-refractivity contribution in [3.05, 3.63) is 78.4 Å². The fourth-order valence-electron chi connectivity index (χ4n) is 5.34. The van der Waals surface area contributed by atoms with Gasteiger partial charge in [0.2, 0.25) is 0 Å². The molecule has 4 heteroatoms. The number of imidazole rings is 1. The average Bonchev–Trinajstić information content (AvgIpc) is 3.44. The maximum Gasteiger partial charge on any atom is 0.293 e. The van der Waals surface area contributed by atoms with Gasteiger partial charge in [-0.15, -0.1) is 0 Å². The monoisotopic (exact) mass is 417 g/mol. The summed E-state index contributed by atoms with van der Waals surface area (Å²) in [6, 6.07) is 25.1. The third-order valence-electron chi connectivity index (χ3n) is 6.82. The van der Waals surface area contributed by atoms with Gasteiger partial charge in [-0.3, -0.25) is 0 Å². The van der Waals surface area contributed by atoms with E-state index < -0.39 is 0 Å². The molecule has 3 heterocycles. The lowest BCUT2D eigenvalue weighted by Gasteiger charge is -2.04. The minimum absolute atomic E-state index is 0.882. The Kier molecular flexibility index (Phi) is 3.31. The Balaban J connectivity index is 1.68. The molecule has 3 aromatic heterocycles. The topological polar surface area (TPSA) is 35.1 Å². The first kappa shape index (κ1) is 17.6. The number of hydrogen-bond donors (Lipinski definition) is 0. The molecule has 0 N–H and O–H groups in total. The zero-order valence-electron chi connectivity index (χ0n) is 18.1. The fourth-order valence-corrected chi connectivity index (χ4v) is 5.34. The van der Waals surface area contributed by atoms with Crippen LogP contribution < -0.4 is 4.57 Å². The van der Waals surface area contributed by atoms with Crippen molar-refractivity contribution in [2.24, 2.45) is 14.1 Å². The molecular formula is C28H21N2O2+. The third kappa shape index (κ3) is 2.09. The van der Waals surface area contributed by atoms with Gasteiger partial charge in [0.25, 0.3) is 5.82 Å². The molecule has 4 aromatic carbocycles. The Labute approximate surface area is 183 Å². The first-order valence-electron chi connectivity index (χ1n) is 10.8. The van der Waals surface area contributed by atoms with Gasteiger partial charge >= 0.3 is 0 Å². The Morgan fingerprint density at radius 2 is 1.44 bits per heavy atom. The lowest BCUT2D eigenvalue weighted by atomic mass is 10.0. The molecule has 0 radical (unpaired) electrons.